The fourth-order valence-electron chi connectivity index (χ4n) is 1.42. The molecule has 5 nitrogen and oxygen atoms in total. The molecule has 1 rings (SSSR count). The van der Waals surface area contributed by atoms with Crippen molar-refractivity contribution in [3.8, 4) is 5.75 Å². The molecule has 5 heteroatoms. The smallest absolute Gasteiger partial charge is 0.307 e. The highest BCUT2D eigenvalue weighted by atomic mass is 16.5. The van der Waals surface area contributed by atoms with E-state index in [0.717, 1.165) is 0 Å². The standard InChI is InChI=1S/C11H12O5/c1-16-9-3-2-7(5-10(12)13)4-8(9)6-11(14)15/h2-4H,5-6H2,1H3,(H,12,13)(H,14,15). The highest BCUT2D eigenvalue weighted by Crippen LogP contribution is 2.20. The van der Waals surface area contributed by atoms with E-state index >= 15 is 0 Å². The van der Waals surface area contributed by atoms with Gasteiger partial charge in [0, 0.05) is 5.56 Å². The first-order chi connectivity index (χ1) is 7.52. The molecule has 0 saturated carbocycles. The number of benzene rings is 1. The average Bonchev–Trinajstić information content (AvgIpc) is 2.16. The van der Waals surface area contributed by atoms with Gasteiger partial charge in [0.1, 0.15) is 5.75 Å². The van der Waals surface area contributed by atoms with Crippen molar-refractivity contribution < 1.29 is 24.5 Å². The van der Waals surface area contributed by atoms with Gasteiger partial charge in [-0.3, -0.25) is 9.59 Å². The second-order valence-corrected chi connectivity index (χ2v) is 3.29. The van der Waals surface area contributed by atoms with Crippen LogP contribution < -0.4 is 4.74 Å². The Balaban J connectivity index is 3.00. The molecular formula is C11H12O5. The number of methoxy groups -OCH3 is 1. The van der Waals surface area contributed by atoms with Gasteiger partial charge in [0.2, 0.25) is 0 Å². The van der Waals surface area contributed by atoms with Gasteiger partial charge in [0.15, 0.2) is 0 Å². The molecule has 0 saturated heterocycles. The molecule has 2 N–H and O–H groups in total. The summed E-state index contributed by atoms with van der Waals surface area (Å²) in [6, 6.07) is 4.73. The van der Waals surface area contributed by atoms with Gasteiger partial charge in [-0.1, -0.05) is 12.1 Å². The molecule has 0 radical (unpaired) electrons. The SMILES string of the molecule is COc1ccc(CC(=O)O)cc1CC(=O)O. The molecule has 0 amide bonds. The monoisotopic (exact) mass is 224 g/mol. The Labute approximate surface area is 92.3 Å². The van der Waals surface area contributed by atoms with Gasteiger partial charge >= 0.3 is 11.9 Å². The van der Waals surface area contributed by atoms with Crippen molar-refractivity contribution >= 4 is 11.9 Å². The lowest BCUT2D eigenvalue weighted by atomic mass is 10.0. The third-order valence-electron chi connectivity index (χ3n) is 2.04. The van der Waals surface area contributed by atoms with Gasteiger partial charge in [-0.2, -0.15) is 0 Å². The summed E-state index contributed by atoms with van der Waals surface area (Å²) in [6.45, 7) is 0. The largest absolute Gasteiger partial charge is 0.496 e. The first kappa shape index (κ1) is 12.0. The summed E-state index contributed by atoms with van der Waals surface area (Å²) >= 11 is 0. The first-order valence-corrected chi connectivity index (χ1v) is 4.62. The number of carboxylic acid groups (broad SMARTS) is 2. The third-order valence-corrected chi connectivity index (χ3v) is 2.04. The van der Waals surface area contributed by atoms with Crippen LogP contribution in [0.5, 0.6) is 5.75 Å². The Morgan fingerprint density at radius 2 is 1.81 bits per heavy atom. The fraction of sp³-hybridized carbons (Fsp3) is 0.273. The second kappa shape index (κ2) is 5.16. The molecule has 0 aliphatic heterocycles. The maximum atomic E-state index is 10.6. The van der Waals surface area contributed by atoms with Crippen LogP contribution >= 0.6 is 0 Å². The van der Waals surface area contributed by atoms with Crippen molar-refractivity contribution in [2.75, 3.05) is 7.11 Å². The van der Waals surface area contributed by atoms with E-state index in [9.17, 15) is 9.59 Å². The summed E-state index contributed by atoms with van der Waals surface area (Å²) in [5, 5.41) is 17.3. The van der Waals surface area contributed by atoms with Crippen LogP contribution in [0.25, 0.3) is 0 Å². The number of hydrogen-bond acceptors (Lipinski definition) is 3. The van der Waals surface area contributed by atoms with E-state index in [4.69, 9.17) is 14.9 Å². The summed E-state index contributed by atoms with van der Waals surface area (Å²) < 4.78 is 5.00. The van der Waals surface area contributed by atoms with Crippen molar-refractivity contribution in [2.45, 2.75) is 12.8 Å². The predicted molar refractivity (Wildman–Crippen MR) is 55.7 cm³/mol. The molecule has 1 aromatic carbocycles. The van der Waals surface area contributed by atoms with Crippen molar-refractivity contribution in [2.24, 2.45) is 0 Å². The van der Waals surface area contributed by atoms with Gasteiger partial charge in [-0.25, -0.2) is 0 Å². The lowest BCUT2D eigenvalue weighted by molar-refractivity contribution is -0.137. The Morgan fingerprint density at radius 3 is 2.31 bits per heavy atom. The Kier molecular flexibility index (Phi) is 3.88. The van der Waals surface area contributed by atoms with Crippen LogP contribution in [0.1, 0.15) is 11.1 Å². The van der Waals surface area contributed by atoms with E-state index in [1.807, 2.05) is 0 Å². The molecule has 16 heavy (non-hydrogen) atoms. The minimum absolute atomic E-state index is 0.128. The molecule has 0 fully saturated rings. The molecule has 0 bridgehead atoms. The molecule has 86 valence electrons. The van der Waals surface area contributed by atoms with Crippen molar-refractivity contribution in [3.05, 3.63) is 29.3 Å². The molecule has 0 spiro atoms. The topological polar surface area (TPSA) is 83.8 Å². The number of rotatable bonds is 5. The van der Waals surface area contributed by atoms with Gasteiger partial charge in [-0.15, -0.1) is 0 Å². The van der Waals surface area contributed by atoms with Gasteiger partial charge in [-0.05, 0) is 11.6 Å². The molecule has 1 aromatic rings. The lowest BCUT2D eigenvalue weighted by Gasteiger charge is -2.08. The number of aliphatic carboxylic acids is 2. The third kappa shape index (κ3) is 3.27. The lowest BCUT2D eigenvalue weighted by Crippen LogP contribution is -2.05. The number of carbonyl (C=O) groups is 2. The molecular weight excluding hydrogens is 212 g/mol. The van der Waals surface area contributed by atoms with E-state index < -0.39 is 11.9 Å². The Morgan fingerprint density at radius 1 is 1.19 bits per heavy atom. The number of carboxylic acids is 2. The van der Waals surface area contributed by atoms with Crippen molar-refractivity contribution in [1.29, 1.82) is 0 Å². The van der Waals surface area contributed by atoms with Crippen LogP contribution in [0.4, 0.5) is 0 Å². The summed E-state index contributed by atoms with van der Waals surface area (Å²) in [7, 11) is 1.44. The quantitative estimate of drug-likeness (QED) is 0.777. The van der Waals surface area contributed by atoms with Crippen molar-refractivity contribution in [1.82, 2.24) is 0 Å². The van der Waals surface area contributed by atoms with Gasteiger partial charge < -0.3 is 14.9 Å². The van der Waals surface area contributed by atoms with Crippen LogP contribution in [0.2, 0.25) is 0 Å². The predicted octanol–water partition coefficient (Wildman–Crippen LogP) is 0.949. The zero-order valence-corrected chi connectivity index (χ0v) is 8.77. The number of ether oxygens (including phenoxy) is 1. The van der Waals surface area contributed by atoms with E-state index in [2.05, 4.69) is 0 Å². The van der Waals surface area contributed by atoms with Crippen LogP contribution in [0.3, 0.4) is 0 Å². The van der Waals surface area contributed by atoms with Crippen LogP contribution in [0, 0.1) is 0 Å². The average molecular weight is 224 g/mol. The minimum atomic E-state index is -0.981. The van der Waals surface area contributed by atoms with E-state index in [-0.39, 0.29) is 12.8 Å². The highest BCUT2D eigenvalue weighted by Gasteiger charge is 2.10. The van der Waals surface area contributed by atoms with Crippen LogP contribution in [0.15, 0.2) is 18.2 Å². The maximum absolute atomic E-state index is 10.6. The van der Waals surface area contributed by atoms with E-state index in [1.165, 1.54) is 7.11 Å². The molecule has 0 unspecified atom stereocenters. The highest BCUT2D eigenvalue weighted by molar-refractivity contribution is 5.73. The molecule has 0 aromatic heterocycles. The van der Waals surface area contributed by atoms with Crippen LogP contribution in [-0.4, -0.2) is 29.3 Å². The Hall–Kier alpha value is -2.04. The van der Waals surface area contributed by atoms with Gasteiger partial charge in [0.25, 0.3) is 0 Å². The summed E-state index contributed by atoms with van der Waals surface area (Å²) in [5.41, 5.74) is 1.04. The zero-order valence-electron chi connectivity index (χ0n) is 8.77. The van der Waals surface area contributed by atoms with Crippen LogP contribution in [-0.2, 0) is 22.4 Å². The van der Waals surface area contributed by atoms with Crippen molar-refractivity contribution in [3.63, 3.8) is 0 Å². The van der Waals surface area contributed by atoms with E-state index in [1.54, 1.807) is 18.2 Å². The molecule has 0 aliphatic rings. The summed E-state index contributed by atoms with van der Waals surface area (Å²) in [6.07, 6.45) is -0.312. The second-order valence-electron chi connectivity index (χ2n) is 3.29. The van der Waals surface area contributed by atoms with E-state index in [0.29, 0.717) is 16.9 Å². The summed E-state index contributed by atoms with van der Waals surface area (Å²) in [4.78, 5) is 21.1. The zero-order chi connectivity index (χ0) is 12.1. The summed E-state index contributed by atoms with van der Waals surface area (Å²) in [5.74, 6) is -1.48. The maximum Gasteiger partial charge on any atom is 0.307 e. The normalized spacial score (nSPS) is 9.81. The minimum Gasteiger partial charge on any atom is -0.496 e. The first-order valence-electron chi connectivity index (χ1n) is 4.62. The number of hydrogen-bond donors (Lipinski definition) is 2. The molecule has 0 aliphatic carbocycles. The van der Waals surface area contributed by atoms with Gasteiger partial charge in [0.05, 0.1) is 20.0 Å². The molecule has 0 atom stereocenters. The Bertz CT molecular complexity index is 411. The fourth-order valence-corrected chi connectivity index (χ4v) is 1.42. The molecule has 0 heterocycles.